The highest BCUT2D eigenvalue weighted by atomic mass is 32.2. The molecule has 1 atom stereocenters. The van der Waals surface area contributed by atoms with Crippen molar-refractivity contribution in [3.63, 3.8) is 0 Å². The monoisotopic (exact) mass is 342 g/mol. The molecule has 2 aromatic rings. The summed E-state index contributed by atoms with van der Waals surface area (Å²) >= 11 is 1.59. The second kappa shape index (κ2) is 6.43. The average molecular weight is 342 g/mol. The number of fused-ring (bicyclic) bond motifs is 1. The van der Waals surface area contributed by atoms with E-state index in [1.165, 1.54) is 0 Å². The number of nitrogens with two attached hydrogens (primary N) is 1. The molecule has 3 rings (SSSR count). The summed E-state index contributed by atoms with van der Waals surface area (Å²) < 4.78 is 10.9. The van der Waals surface area contributed by atoms with Crippen LogP contribution in [0.25, 0.3) is 0 Å². The number of aliphatic hydroxyl groups is 1. The van der Waals surface area contributed by atoms with Crippen LogP contribution >= 0.6 is 11.8 Å². The highest BCUT2D eigenvalue weighted by Crippen LogP contribution is 2.41. The Morgan fingerprint density at radius 1 is 1.38 bits per heavy atom. The fourth-order valence-corrected chi connectivity index (χ4v) is 3.00. The lowest BCUT2D eigenvalue weighted by atomic mass is 9.87. The third kappa shape index (κ3) is 2.66. The lowest BCUT2D eigenvalue weighted by molar-refractivity contribution is 0.231. The van der Waals surface area contributed by atoms with Crippen molar-refractivity contribution in [2.45, 2.75) is 17.4 Å². The number of aliphatic hydroxyl groups excluding tert-OH is 1. The number of rotatable bonds is 3. The van der Waals surface area contributed by atoms with Gasteiger partial charge in [0.15, 0.2) is 5.76 Å². The normalized spacial score (nSPS) is 16.3. The van der Waals surface area contributed by atoms with Crippen LogP contribution in [0.4, 0.5) is 0 Å². The average Bonchev–Trinajstić information content (AvgIpc) is 2.61. The van der Waals surface area contributed by atoms with Crippen molar-refractivity contribution in [3.05, 3.63) is 69.1 Å². The van der Waals surface area contributed by atoms with Gasteiger partial charge in [0.25, 0.3) is 0 Å². The molecular formula is C17H14N2O4S. The van der Waals surface area contributed by atoms with Gasteiger partial charge in [0.05, 0.1) is 5.92 Å². The van der Waals surface area contributed by atoms with Gasteiger partial charge in [0, 0.05) is 11.0 Å². The molecule has 0 bridgehead atoms. The van der Waals surface area contributed by atoms with Crippen molar-refractivity contribution in [2.24, 2.45) is 5.73 Å². The van der Waals surface area contributed by atoms with Crippen molar-refractivity contribution in [3.8, 4) is 11.8 Å². The molecule has 1 aromatic carbocycles. The van der Waals surface area contributed by atoms with E-state index in [4.69, 9.17) is 14.9 Å². The maximum absolute atomic E-state index is 12.2. The molecule has 6 nitrogen and oxygen atoms in total. The van der Waals surface area contributed by atoms with Crippen LogP contribution in [0, 0.1) is 11.3 Å². The molecule has 1 aliphatic rings. The van der Waals surface area contributed by atoms with Crippen LogP contribution in [0.3, 0.4) is 0 Å². The van der Waals surface area contributed by atoms with E-state index >= 15 is 0 Å². The van der Waals surface area contributed by atoms with Crippen LogP contribution in [-0.4, -0.2) is 11.4 Å². The summed E-state index contributed by atoms with van der Waals surface area (Å²) in [6.45, 7) is -0.429. The second-order valence-corrected chi connectivity index (χ2v) is 6.01. The van der Waals surface area contributed by atoms with Gasteiger partial charge in [-0.15, -0.1) is 11.8 Å². The molecule has 7 heteroatoms. The van der Waals surface area contributed by atoms with Crippen LogP contribution < -0.4 is 15.9 Å². The minimum Gasteiger partial charge on any atom is -0.458 e. The number of allylic oxidation sites excluding steroid dienone is 1. The minimum absolute atomic E-state index is 0.0531. The Balaban J connectivity index is 2.24. The smallest absolute Gasteiger partial charge is 0.228 e. The summed E-state index contributed by atoms with van der Waals surface area (Å²) in [5, 5.41) is 18.8. The van der Waals surface area contributed by atoms with Gasteiger partial charge < -0.3 is 20.0 Å². The van der Waals surface area contributed by atoms with Crippen LogP contribution in [0.5, 0.6) is 5.75 Å². The van der Waals surface area contributed by atoms with E-state index in [2.05, 4.69) is 0 Å². The zero-order valence-corrected chi connectivity index (χ0v) is 13.6. The van der Waals surface area contributed by atoms with Gasteiger partial charge in [-0.05, 0) is 24.0 Å². The molecule has 24 heavy (non-hydrogen) atoms. The van der Waals surface area contributed by atoms with Crippen molar-refractivity contribution in [1.82, 2.24) is 0 Å². The SMILES string of the molecule is CSc1ccc([C@H]2C(C#N)=C(N)Oc3c2oc(CO)cc3=O)cc1. The standard InChI is InChI=1S/C17H14N2O4S/c1-24-11-4-2-9(3-5-11)14-12(7-18)17(19)23-15-13(21)6-10(8-20)22-16(14)15/h2-6,14,20H,8,19H2,1H3/t14-/m0/s1. The first-order chi connectivity index (χ1) is 11.6. The van der Waals surface area contributed by atoms with Crippen molar-refractivity contribution < 1.29 is 14.3 Å². The molecule has 0 aliphatic carbocycles. The quantitative estimate of drug-likeness (QED) is 0.822. The van der Waals surface area contributed by atoms with Crippen molar-refractivity contribution >= 4 is 11.8 Å². The molecule has 0 unspecified atom stereocenters. The van der Waals surface area contributed by atoms with Gasteiger partial charge in [0.1, 0.15) is 24.0 Å². The number of thioether (sulfide) groups is 1. The molecule has 1 aromatic heterocycles. The molecule has 0 fully saturated rings. The van der Waals surface area contributed by atoms with E-state index < -0.39 is 18.0 Å². The van der Waals surface area contributed by atoms with Crippen LogP contribution in [0.15, 0.2) is 55.9 Å². The highest BCUT2D eigenvalue weighted by Gasteiger charge is 2.35. The Morgan fingerprint density at radius 3 is 2.67 bits per heavy atom. The minimum atomic E-state index is -0.658. The molecule has 0 spiro atoms. The van der Waals surface area contributed by atoms with Crippen LogP contribution in [0.1, 0.15) is 23.0 Å². The number of nitrogens with zero attached hydrogens (tertiary/aromatic N) is 1. The predicted molar refractivity (Wildman–Crippen MR) is 88.4 cm³/mol. The predicted octanol–water partition coefficient (Wildman–Crippen LogP) is 2.07. The van der Waals surface area contributed by atoms with E-state index in [0.29, 0.717) is 0 Å². The molecule has 3 N–H and O–H groups in total. The van der Waals surface area contributed by atoms with Crippen LogP contribution in [0.2, 0.25) is 0 Å². The van der Waals surface area contributed by atoms with Crippen molar-refractivity contribution in [1.29, 1.82) is 5.26 Å². The Kier molecular flexibility index (Phi) is 4.34. The van der Waals surface area contributed by atoms with E-state index in [1.807, 2.05) is 36.6 Å². The van der Waals surface area contributed by atoms with E-state index in [9.17, 15) is 15.2 Å². The third-order valence-electron chi connectivity index (χ3n) is 3.73. The van der Waals surface area contributed by atoms with Crippen molar-refractivity contribution in [2.75, 3.05) is 6.26 Å². The lowest BCUT2D eigenvalue weighted by Gasteiger charge is -2.24. The summed E-state index contributed by atoms with van der Waals surface area (Å²) in [6, 6.07) is 10.7. The zero-order chi connectivity index (χ0) is 17.3. The van der Waals surface area contributed by atoms with E-state index in [-0.39, 0.29) is 28.7 Å². The fraction of sp³-hybridized carbons (Fsp3) is 0.176. The largest absolute Gasteiger partial charge is 0.458 e. The summed E-state index contributed by atoms with van der Waals surface area (Å²) in [6.07, 6.45) is 1.96. The molecule has 0 saturated heterocycles. The highest BCUT2D eigenvalue weighted by molar-refractivity contribution is 7.98. The third-order valence-corrected chi connectivity index (χ3v) is 4.48. The van der Waals surface area contributed by atoms with Gasteiger partial charge in [-0.2, -0.15) is 5.26 Å². The summed E-state index contributed by atoms with van der Waals surface area (Å²) in [7, 11) is 0. The summed E-state index contributed by atoms with van der Waals surface area (Å²) in [5.74, 6) is -0.551. The molecule has 0 amide bonds. The Morgan fingerprint density at radius 2 is 2.08 bits per heavy atom. The zero-order valence-electron chi connectivity index (χ0n) is 12.8. The number of benzene rings is 1. The summed E-state index contributed by atoms with van der Waals surface area (Å²) in [4.78, 5) is 13.3. The second-order valence-electron chi connectivity index (χ2n) is 5.13. The number of ether oxygens (including phenoxy) is 1. The molecule has 0 radical (unpaired) electrons. The van der Waals surface area contributed by atoms with Gasteiger partial charge in [0.2, 0.25) is 17.1 Å². The maximum atomic E-state index is 12.2. The Hall–Kier alpha value is -2.69. The molecule has 2 heterocycles. The Bertz CT molecular complexity index is 910. The van der Waals surface area contributed by atoms with Gasteiger partial charge >= 0.3 is 0 Å². The molecule has 1 aliphatic heterocycles. The van der Waals surface area contributed by atoms with E-state index in [0.717, 1.165) is 16.5 Å². The Labute approximate surface area is 142 Å². The molecule has 0 saturated carbocycles. The van der Waals surface area contributed by atoms with Crippen LogP contribution in [-0.2, 0) is 6.61 Å². The first-order valence-corrected chi connectivity index (χ1v) is 8.30. The summed E-state index contributed by atoms with van der Waals surface area (Å²) in [5.41, 5.74) is 6.29. The van der Waals surface area contributed by atoms with Gasteiger partial charge in [-0.1, -0.05) is 12.1 Å². The first-order valence-electron chi connectivity index (χ1n) is 7.08. The number of nitriles is 1. The lowest BCUT2D eigenvalue weighted by Crippen LogP contribution is -2.25. The van der Waals surface area contributed by atoms with Gasteiger partial charge in [-0.25, -0.2) is 0 Å². The molecule has 122 valence electrons. The number of hydrogen-bond acceptors (Lipinski definition) is 7. The van der Waals surface area contributed by atoms with E-state index in [1.54, 1.807) is 11.8 Å². The number of hydrogen-bond donors (Lipinski definition) is 2. The maximum Gasteiger partial charge on any atom is 0.228 e. The first kappa shape index (κ1) is 16.2. The van der Waals surface area contributed by atoms with Gasteiger partial charge in [-0.3, -0.25) is 4.79 Å². The topological polar surface area (TPSA) is 109 Å². The fourth-order valence-electron chi connectivity index (χ4n) is 2.59. The molecular weight excluding hydrogens is 328 g/mol.